The molecule has 0 saturated carbocycles. The van der Waals surface area contributed by atoms with Crippen LogP contribution in [0.5, 0.6) is 0 Å². The van der Waals surface area contributed by atoms with Crippen LogP contribution < -0.4 is 5.32 Å². The maximum atomic E-state index is 5.13. The first-order valence-corrected chi connectivity index (χ1v) is 6.20. The molecule has 5 nitrogen and oxygen atoms in total. The number of hydrogen-bond donors (Lipinski definition) is 1. The predicted molar refractivity (Wildman–Crippen MR) is 66.9 cm³/mol. The van der Waals surface area contributed by atoms with Gasteiger partial charge in [-0.3, -0.25) is 4.90 Å². The largest absolute Gasteiger partial charge is 0.383 e. The fourth-order valence-electron chi connectivity index (χ4n) is 1.37. The summed E-state index contributed by atoms with van der Waals surface area (Å²) in [6, 6.07) is 0.376. The van der Waals surface area contributed by atoms with E-state index in [1.807, 2.05) is 0 Å². The second-order valence-electron chi connectivity index (χ2n) is 3.80. The molecule has 0 fully saturated rings. The van der Waals surface area contributed by atoms with Crippen molar-refractivity contribution in [1.29, 1.82) is 0 Å². The van der Waals surface area contributed by atoms with Gasteiger partial charge < -0.3 is 10.1 Å². The molecule has 6 heteroatoms. The van der Waals surface area contributed by atoms with Gasteiger partial charge in [0.25, 0.3) is 0 Å². The van der Waals surface area contributed by atoms with Crippen molar-refractivity contribution in [2.24, 2.45) is 0 Å². The molecule has 0 spiro atoms. The molecule has 1 aromatic rings. The number of methoxy groups -OCH3 is 1. The van der Waals surface area contributed by atoms with Crippen LogP contribution >= 0.6 is 11.5 Å². The van der Waals surface area contributed by atoms with Crippen LogP contribution in [-0.4, -0.2) is 47.8 Å². The van der Waals surface area contributed by atoms with E-state index >= 15 is 0 Å². The van der Waals surface area contributed by atoms with Gasteiger partial charge in [0.05, 0.1) is 6.61 Å². The summed E-state index contributed by atoms with van der Waals surface area (Å²) in [5.41, 5.74) is 1.01. The zero-order valence-corrected chi connectivity index (χ0v) is 11.2. The van der Waals surface area contributed by atoms with Gasteiger partial charge in [-0.1, -0.05) is 4.49 Å². The van der Waals surface area contributed by atoms with Crippen molar-refractivity contribution in [3.63, 3.8) is 0 Å². The van der Waals surface area contributed by atoms with Crippen molar-refractivity contribution >= 4 is 16.5 Å². The van der Waals surface area contributed by atoms with Crippen LogP contribution in [0.25, 0.3) is 0 Å². The van der Waals surface area contributed by atoms with Gasteiger partial charge in [0, 0.05) is 37.8 Å². The number of aromatic nitrogens is 2. The van der Waals surface area contributed by atoms with Crippen LogP contribution in [0.2, 0.25) is 0 Å². The van der Waals surface area contributed by atoms with E-state index in [9.17, 15) is 0 Å². The first-order valence-electron chi connectivity index (χ1n) is 5.43. The third-order valence-electron chi connectivity index (χ3n) is 2.45. The fourth-order valence-corrected chi connectivity index (χ4v) is 2.01. The molecule has 1 heterocycles. The number of likely N-dealkylation sites (N-methyl/N-ethyl adjacent to an activating group) is 1. The van der Waals surface area contributed by atoms with E-state index in [0.29, 0.717) is 6.04 Å². The summed E-state index contributed by atoms with van der Waals surface area (Å²) in [5.74, 6) is 0. The molecule has 16 heavy (non-hydrogen) atoms. The topological polar surface area (TPSA) is 50.3 Å². The molecule has 1 N–H and O–H groups in total. The van der Waals surface area contributed by atoms with Crippen molar-refractivity contribution < 1.29 is 4.74 Å². The van der Waals surface area contributed by atoms with E-state index in [0.717, 1.165) is 30.4 Å². The highest BCUT2D eigenvalue weighted by molar-refractivity contribution is 7.10. The number of nitrogens with one attached hydrogen (secondary N) is 1. The molecular formula is C10H20N4OS. The summed E-state index contributed by atoms with van der Waals surface area (Å²) in [7, 11) is 3.79. The number of anilines is 1. The Morgan fingerprint density at radius 1 is 1.56 bits per heavy atom. The lowest BCUT2D eigenvalue weighted by Gasteiger charge is -2.23. The van der Waals surface area contributed by atoms with Gasteiger partial charge >= 0.3 is 0 Å². The van der Waals surface area contributed by atoms with Crippen molar-refractivity contribution in [1.82, 2.24) is 14.5 Å². The molecule has 0 amide bonds. The predicted octanol–water partition coefficient (Wildman–Crippen LogP) is 1.44. The molecule has 1 unspecified atom stereocenters. The Kier molecular flexibility index (Phi) is 5.65. The Labute approximate surface area is 101 Å². The average molecular weight is 244 g/mol. The molecule has 92 valence electrons. The highest BCUT2D eigenvalue weighted by atomic mass is 32.1. The van der Waals surface area contributed by atoms with E-state index in [2.05, 4.69) is 40.7 Å². The van der Waals surface area contributed by atoms with Gasteiger partial charge in [0.2, 0.25) is 0 Å². The van der Waals surface area contributed by atoms with Gasteiger partial charge in [-0.05, 0) is 20.9 Å². The Hall–Kier alpha value is -0.720. The van der Waals surface area contributed by atoms with E-state index in [1.165, 1.54) is 11.5 Å². The molecule has 0 radical (unpaired) electrons. The number of hydrogen-bond acceptors (Lipinski definition) is 6. The maximum absolute atomic E-state index is 5.13. The minimum Gasteiger partial charge on any atom is -0.383 e. The van der Waals surface area contributed by atoms with Crippen LogP contribution in [0, 0.1) is 0 Å². The second kappa shape index (κ2) is 6.78. The molecule has 0 bridgehead atoms. The lowest BCUT2D eigenvalue weighted by atomic mass is 10.3. The second-order valence-corrected chi connectivity index (χ2v) is 4.55. The quantitative estimate of drug-likeness (QED) is 0.786. The summed E-state index contributed by atoms with van der Waals surface area (Å²) in [6.07, 6.45) is 0. The summed E-state index contributed by atoms with van der Waals surface area (Å²) in [4.78, 5) is 2.21. The summed E-state index contributed by atoms with van der Waals surface area (Å²) >= 11 is 1.41. The van der Waals surface area contributed by atoms with Gasteiger partial charge in [-0.2, -0.15) is 0 Å². The zero-order chi connectivity index (χ0) is 12.0. The van der Waals surface area contributed by atoms with Gasteiger partial charge in [0.1, 0.15) is 10.7 Å². The van der Waals surface area contributed by atoms with E-state index in [4.69, 9.17) is 4.74 Å². The first-order chi connectivity index (χ1) is 7.69. The Balaban J connectivity index is 2.54. The van der Waals surface area contributed by atoms with Gasteiger partial charge in [-0.25, -0.2) is 0 Å². The normalized spacial score (nSPS) is 13.1. The molecule has 0 saturated heterocycles. The van der Waals surface area contributed by atoms with Gasteiger partial charge in [-0.15, -0.1) is 5.10 Å². The zero-order valence-electron chi connectivity index (χ0n) is 10.4. The molecular weight excluding hydrogens is 224 g/mol. The lowest BCUT2D eigenvalue weighted by molar-refractivity contribution is 0.111. The Bertz CT molecular complexity index is 305. The fraction of sp³-hybridized carbons (Fsp3) is 0.800. The summed E-state index contributed by atoms with van der Waals surface area (Å²) in [6.45, 7) is 6.62. The minimum absolute atomic E-state index is 0.376. The van der Waals surface area contributed by atoms with Crippen molar-refractivity contribution in [2.45, 2.75) is 26.4 Å². The molecule has 0 aliphatic carbocycles. The van der Waals surface area contributed by atoms with Crippen molar-refractivity contribution in [2.75, 3.05) is 32.6 Å². The molecule has 1 atom stereocenters. The van der Waals surface area contributed by atoms with Crippen LogP contribution in [-0.2, 0) is 11.3 Å². The maximum Gasteiger partial charge on any atom is 0.134 e. The highest BCUT2D eigenvalue weighted by Gasteiger charge is 2.14. The number of ether oxygens (including phenoxy) is 1. The molecule has 0 aromatic carbocycles. The first kappa shape index (κ1) is 13.3. The Morgan fingerprint density at radius 3 is 2.94 bits per heavy atom. The standard InChI is InChI=1S/C10H20N4OS/c1-5-11-10-9(12-13-16-10)6-14(3)8(2)7-15-4/h8,11H,5-7H2,1-4H3. The van der Waals surface area contributed by atoms with Gasteiger partial charge in [0.15, 0.2) is 0 Å². The third kappa shape index (κ3) is 3.70. The lowest BCUT2D eigenvalue weighted by Crippen LogP contribution is -2.32. The molecule has 0 aliphatic rings. The highest BCUT2D eigenvalue weighted by Crippen LogP contribution is 2.19. The van der Waals surface area contributed by atoms with E-state index in [1.54, 1.807) is 7.11 Å². The molecule has 1 rings (SSSR count). The summed E-state index contributed by atoms with van der Waals surface area (Å²) in [5, 5.41) is 8.48. The van der Waals surface area contributed by atoms with E-state index in [-0.39, 0.29) is 0 Å². The van der Waals surface area contributed by atoms with Crippen molar-refractivity contribution in [3.8, 4) is 0 Å². The smallest absolute Gasteiger partial charge is 0.134 e. The monoisotopic (exact) mass is 244 g/mol. The van der Waals surface area contributed by atoms with E-state index < -0.39 is 0 Å². The number of rotatable bonds is 7. The third-order valence-corrected chi connectivity index (χ3v) is 3.18. The van der Waals surface area contributed by atoms with Crippen LogP contribution in [0.3, 0.4) is 0 Å². The Morgan fingerprint density at radius 2 is 2.31 bits per heavy atom. The van der Waals surface area contributed by atoms with Crippen LogP contribution in [0.1, 0.15) is 19.5 Å². The van der Waals surface area contributed by atoms with Crippen molar-refractivity contribution in [3.05, 3.63) is 5.69 Å². The SMILES string of the molecule is CCNc1snnc1CN(C)C(C)COC. The van der Waals surface area contributed by atoms with Crippen LogP contribution in [0.4, 0.5) is 5.00 Å². The molecule has 1 aromatic heterocycles. The summed E-state index contributed by atoms with van der Waals surface area (Å²) < 4.78 is 9.10. The molecule has 0 aliphatic heterocycles. The number of nitrogens with zero attached hydrogens (tertiary/aromatic N) is 3. The minimum atomic E-state index is 0.376. The van der Waals surface area contributed by atoms with Crippen LogP contribution in [0.15, 0.2) is 0 Å². The average Bonchev–Trinajstić information content (AvgIpc) is 2.67.